The van der Waals surface area contributed by atoms with Gasteiger partial charge in [-0.1, -0.05) is 121 Å². The minimum Gasteiger partial charge on any atom is -0.340 e. The predicted molar refractivity (Wildman–Crippen MR) is 133 cm³/mol. The van der Waals surface area contributed by atoms with E-state index >= 15 is 8.78 Å². The average Bonchev–Trinajstić information content (AvgIpc) is 3.26. The molecule has 0 aromatic heterocycles. The summed E-state index contributed by atoms with van der Waals surface area (Å²) in [5, 5.41) is 0. The molecule has 4 aromatic carbocycles. The van der Waals surface area contributed by atoms with Crippen molar-refractivity contribution >= 4 is 0 Å². The summed E-state index contributed by atoms with van der Waals surface area (Å²) in [7, 11) is 0. The zero-order valence-electron chi connectivity index (χ0n) is 19.8. The Morgan fingerprint density at radius 3 is 0.943 bits per heavy atom. The van der Waals surface area contributed by atoms with Crippen LogP contribution < -0.4 is 0 Å². The Hall–Kier alpha value is -3.34. The van der Waals surface area contributed by atoms with Crippen LogP contribution in [0.3, 0.4) is 0 Å². The van der Waals surface area contributed by atoms with E-state index in [-0.39, 0.29) is 0 Å². The monoisotopic (exact) mass is 470 g/mol. The van der Waals surface area contributed by atoms with Gasteiger partial charge in [0.2, 0.25) is 0 Å². The maximum absolute atomic E-state index is 17.7. The van der Waals surface area contributed by atoms with E-state index in [1.165, 1.54) is 0 Å². The highest BCUT2D eigenvalue weighted by atomic mass is 19.1. The lowest BCUT2D eigenvalue weighted by Crippen LogP contribution is -2.51. The van der Waals surface area contributed by atoms with Crippen LogP contribution in [0, 0.1) is 0 Å². The maximum Gasteiger partial charge on any atom is 0.189 e. The number of rotatable bonds is 6. The molecule has 4 heteroatoms. The first-order chi connectivity index (χ1) is 16.9. The summed E-state index contributed by atoms with van der Waals surface area (Å²) in [5.74, 6) is -1.21. The van der Waals surface area contributed by atoms with Crippen LogP contribution in [-0.2, 0) is 20.8 Å². The van der Waals surface area contributed by atoms with Gasteiger partial charge in [0.1, 0.15) is 12.2 Å². The van der Waals surface area contributed by atoms with Gasteiger partial charge in [0.25, 0.3) is 0 Å². The minimum atomic E-state index is -2.18. The van der Waals surface area contributed by atoms with E-state index in [1.807, 2.05) is 24.3 Å². The van der Waals surface area contributed by atoms with Crippen LogP contribution >= 0.6 is 0 Å². The Kier molecular flexibility index (Phi) is 6.04. The lowest BCUT2D eigenvalue weighted by atomic mass is 9.74. The Morgan fingerprint density at radius 2 is 0.714 bits per heavy atom. The first-order valence-corrected chi connectivity index (χ1v) is 11.8. The van der Waals surface area contributed by atoms with Crippen molar-refractivity contribution in [3.63, 3.8) is 0 Å². The van der Waals surface area contributed by atoms with Crippen molar-refractivity contribution in [1.82, 2.24) is 0 Å². The Bertz CT molecular complexity index is 1070. The number of halogens is 2. The lowest BCUT2D eigenvalue weighted by Gasteiger charge is -2.40. The fourth-order valence-electron chi connectivity index (χ4n) is 5.06. The Morgan fingerprint density at radius 1 is 0.486 bits per heavy atom. The molecular formula is C31H28F2O2. The van der Waals surface area contributed by atoms with Crippen LogP contribution in [0.25, 0.3) is 0 Å². The molecule has 1 aliphatic heterocycles. The molecule has 2 atom stereocenters. The smallest absolute Gasteiger partial charge is 0.189 e. The second-order valence-electron chi connectivity index (χ2n) is 9.36. The van der Waals surface area contributed by atoms with Crippen LogP contribution in [-0.4, -0.2) is 18.0 Å². The Labute approximate surface area is 205 Å². The number of hydrogen-bond acceptors (Lipinski definition) is 2. The van der Waals surface area contributed by atoms with Crippen LogP contribution in [0.4, 0.5) is 8.78 Å². The van der Waals surface area contributed by atoms with E-state index in [4.69, 9.17) is 9.47 Å². The van der Waals surface area contributed by atoms with Crippen molar-refractivity contribution < 1.29 is 18.3 Å². The highest BCUT2D eigenvalue weighted by molar-refractivity contribution is 5.43. The van der Waals surface area contributed by atoms with Crippen LogP contribution in [0.1, 0.15) is 36.1 Å². The Balaban J connectivity index is 1.76. The number of ether oxygens (including phenoxy) is 2. The van der Waals surface area contributed by atoms with E-state index in [9.17, 15) is 0 Å². The molecule has 4 aromatic rings. The molecule has 1 saturated heterocycles. The quantitative estimate of drug-likeness (QED) is 0.294. The van der Waals surface area contributed by atoms with E-state index in [0.717, 1.165) is 0 Å². The second kappa shape index (κ2) is 9.03. The minimum absolute atomic E-state index is 0.381. The van der Waals surface area contributed by atoms with E-state index in [0.29, 0.717) is 22.3 Å². The molecule has 2 nitrogen and oxygen atoms in total. The number of benzene rings is 4. The third kappa shape index (κ3) is 4.07. The molecule has 0 bridgehead atoms. The summed E-state index contributed by atoms with van der Waals surface area (Å²) in [6, 6.07) is 35.2. The molecule has 178 valence electrons. The molecule has 0 unspecified atom stereocenters. The molecule has 0 saturated carbocycles. The van der Waals surface area contributed by atoms with Crippen molar-refractivity contribution in [2.24, 2.45) is 0 Å². The first-order valence-electron chi connectivity index (χ1n) is 11.8. The van der Waals surface area contributed by atoms with Crippen molar-refractivity contribution in [3.8, 4) is 0 Å². The van der Waals surface area contributed by atoms with Crippen LogP contribution in [0.15, 0.2) is 121 Å². The summed E-state index contributed by atoms with van der Waals surface area (Å²) in [6.07, 6.45) is -2.57. The van der Waals surface area contributed by atoms with Gasteiger partial charge in [-0.15, -0.1) is 0 Å². The highest BCUT2D eigenvalue weighted by Crippen LogP contribution is 2.53. The summed E-state index contributed by atoms with van der Waals surface area (Å²) >= 11 is 0. The van der Waals surface area contributed by atoms with Crippen molar-refractivity contribution in [2.75, 3.05) is 0 Å². The number of hydrogen-bond donors (Lipinski definition) is 0. The highest BCUT2D eigenvalue weighted by Gasteiger charge is 2.63. The van der Waals surface area contributed by atoms with E-state index in [2.05, 4.69) is 0 Å². The van der Waals surface area contributed by atoms with E-state index < -0.39 is 29.3 Å². The first kappa shape index (κ1) is 23.4. The van der Waals surface area contributed by atoms with Crippen molar-refractivity contribution in [3.05, 3.63) is 144 Å². The maximum atomic E-state index is 17.7. The predicted octanol–water partition coefficient (Wildman–Crippen LogP) is 7.33. The molecule has 0 radical (unpaired) electrons. The van der Waals surface area contributed by atoms with Gasteiger partial charge in [0, 0.05) is 0 Å². The van der Waals surface area contributed by atoms with Gasteiger partial charge < -0.3 is 9.47 Å². The van der Waals surface area contributed by atoms with Crippen LogP contribution in [0.2, 0.25) is 0 Å². The van der Waals surface area contributed by atoms with Gasteiger partial charge in [0.15, 0.2) is 17.1 Å². The van der Waals surface area contributed by atoms with Crippen LogP contribution in [0.5, 0.6) is 0 Å². The van der Waals surface area contributed by atoms with Gasteiger partial charge in [-0.3, -0.25) is 0 Å². The summed E-state index contributed by atoms with van der Waals surface area (Å²) in [4.78, 5) is 0. The van der Waals surface area contributed by atoms with Gasteiger partial charge in [-0.05, 0) is 36.1 Å². The fourth-order valence-corrected chi connectivity index (χ4v) is 5.06. The standard InChI is InChI=1S/C31H28F2O2/c1-29(2)34-27(30(32,23-15-7-3-8-16-23)24-17-9-4-10-18-24)28(35-29)31(33,25-19-11-5-12-20-25)26-21-13-6-14-22-26/h3-22,27-28H,1-2H3/t27-,28-/m1/s1. The molecule has 0 N–H and O–H groups in total. The summed E-state index contributed by atoms with van der Waals surface area (Å²) < 4.78 is 48.1. The van der Waals surface area contributed by atoms with Gasteiger partial charge in [-0.25, -0.2) is 8.78 Å². The summed E-state index contributed by atoms with van der Waals surface area (Å²) in [5.41, 5.74) is -2.84. The molecule has 0 spiro atoms. The summed E-state index contributed by atoms with van der Waals surface area (Å²) in [6.45, 7) is 3.40. The van der Waals surface area contributed by atoms with Crippen molar-refractivity contribution in [2.45, 2.75) is 43.2 Å². The third-order valence-electron chi connectivity index (χ3n) is 6.66. The van der Waals surface area contributed by atoms with Gasteiger partial charge in [0.05, 0.1) is 0 Å². The SMILES string of the molecule is CC1(C)O[C@@H](C(F)(c2ccccc2)c2ccccc2)[C@H](C(F)(c2ccccc2)c2ccccc2)O1. The topological polar surface area (TPSA) is 18.5 Å². The zero-order chi connectivity index (χ0) is 24.5. The van der Waals surface area contributed by atoms with E-state index in [1.54, 1.807) is 111 Å². The molecule has 1 aliphatic rings. The lowest BCUT2D eigenvalue weighted by molar-refractivity contribution is -0.163. The third-order valence-corrected chi connectivity index (χ3v) is 6.66. The molecule has 35 heavy (non-hydrogen) atoms. The van der Waals surface area contributed by atoms with Gasteiger partial charge in [-0.2, -0.15) is 0 Å². The fraction of sp³-hybridized carbons (Fsp3) is 0.226. The molecule has 0 amide bonds. The van der Waals surface area contributed by atoms with Gasteiger partial charge >= 0.3 is 0 Å². The molecule has 1 heterocycles. The number of alkyl halides is 2. The second-order valence-corrected chi connectivity index (χ2v) is 9.36. The normalized spacial score (nSPS) is 20.0. The molecule has 1 fully saturated rings. The molecule has 5 rings (SSSR count). The zero-order valence-corrected chi connectivity index (χ0v) is 19.8. The largest absolute Gasteiger partial charge is 0.340 e. The molecular weight excluding hydrogens is 442 g/mol. The average molecular weight is 471 g/mol. The van der Waals surface area contributed by atoms with Crippen molar-refractivity contribution in [1.29, 1.82) is 0 Å². The molecule has 0 aliphatic carbocycles.